The molecule has 8 nitrogen and oxygen atoms in total. The van der Waals surface area contributed by atoms with E-state index >= 15 is 0 Å². The second kappa shape index (κ2) is 10.8. The van der Waals surface area contributed by atoms with Crippen molar-refractivity contribution in [3.05, 3.63) is 41.7 Å². The Labute approximate surface area is 177 Å². The molecular formula is C22H30N4O4. The Morgan fingerprint density at radius 2 is 1.80 bits per heavy atom. The van der Waals surface area contributed by atoms with Gasteiger partial charge in [0.15, 0.2) is 5.69 Å². The smallest absolute Gasteiger partial charge is 0.356 e. The number of aromatic nitrogens is 2. The normalized spacial score (nSPS) is 14.2. The quantitative estimate of drug-likeness (QED) is 0.627. The number of anilines is 1. The third-order valence-corrected chi connectivity index (χ3v) is 4.96. The molecule has 0 unspecified atom stereocenters. The monoisotopic (exact) mass is 414 g/mol. The summed E-state index contributed by atoms with van der Waals surface area (Å²) in [6, 6.07) is 7.76. The van der Waals surface area contributed by atoms with Crippen LogP contribution in [0.25, 0.3) is 0 Å². The molecule has 0 spiro atoms. The van der Waals surface area contributed by atoms with Crippen LogP contribution in [-0.2, 0) is 11.3 Å². The van der Waals surface area contributed by atoms with E-state index in [9.17, 15) is 4.79 Å². The van der Waals surface area contributed by atoms with Crippen molar-refractivity contribution < 1.29 is 19.0 Å². The second-order valence-electron chi connectivity index (χ2n) is 7.02. The predicted octanol–water partition coefficient (Wildman–Crippen LogP) is 2.82. The zero-order valence-electron chi connectivity index (χ0n) is 17.9. The van der Waals surface area contributed by atoms with Crippen LogP contribution in [0, 0.1) is 0 Å². The molecule has 1 aromatic heterocycles. The summed E-state index contributed by atoms with van der Waals surface area (Å²) in [4.78, 5) is 23.1. The van der Waals surface area contributed by atoms with E-state index in [0.717, 1.165) is 43.0 Å². The Balaban J connectivity index is 1.94. The first-order valence-corrected chi connectivity index (χ1v) is 10.4. The number of nitrogens with zero attached hydrogens (tertiary/aromatic N) is 3. The highest BCUT2D eigenvalue weighted by molar-refractivity contribution is 5.87. The van der Waals surface area contributed by atoms with E-state index in [1.54, 1.807) is 12.3 Å². The summed E-state index contributed by atoms with van der Waals surface area (Å²) in [5.74, 6) is 1.59. The van der Waals surface area contributed by atoms with Crippen molar-refractivity contribution in [2.45, 2.75) is 39.3 Å². The Morgan fingerprint density at radius 3 is 2.40 bits per heavy atom. The third kappa shape index (κ3) is 5.60. The summed E-state index contributed by atoms with van der Waals surface area (Å²) in [6.45, 7) is 7.52. The first-order chi connectivity index (χ1) is 14.6. The Hall–Kier alpha value is -2.87. The van der Waals surface area contributed by atoms with Gasteiger partial charge in [0.1, 0.15) is 11.5 Å². The zero-order valence-corrected chi connectivity index (χ0v) is 17.9. The van der Waals surface area contributed by atoms with Crippen LogP contribution in [0.4, 0.5) is 5.95 Å². The molecule has 0 radical (unpaired) electrons. The van der Waals surface area contributed by atoms with E-state index in [1.165, 1.54) is 7.11 Å². The second-order valence-corrected chi connectivity index (χ2v) is 7.02. The number of methoxy groups -OCH3 is 1. The molecule has 2 heterocycles. The largest absolute Gasteiger partial charge is 0.494 e. The Kier molecular flexibility index (Phi) is 7.84. The molecule has 0 aliphatic carbocycles. The van der Waals surface area contributed by atoms with Gasteiger partial charge in [-0.1, -0.05) is 0 Å². The first kappa shape index (κ1) is 21.8. The van der Waals surface area contributed by atoms with Gasteiger partial charge in [-0.2, -0.15) is 0 Å². The number of ether oxygens (including phenoxy) is 3. The third-order valence-electron chi connectivity index (χ3n) is 4.96. The van der Waals surface area contributed by atoms with Crippen molar-refractivity contribution in [2.75, 3.05) is 38.3 Å². The number of esters is 1. The van der Waals surface area contributed by atoms with Crippen LogP contribution in [0.15, 0.2) is 30.5 Å². The molecule has 1 aromatic carbocycles. The van der Waals surface area contributed by atoms with E-state index in [-0.39, 0.29) is 11.7 Å². The molecule has 1 aliphatic rings. The van der Waals surface area contributed by atoms with Crippen molar-refractivity contribution in [3.63, 3.8) is 0 Å². The lowest BCUT2D eigenvalue weighted by molar-refractivity contribution is 0.0594. The highest BCUT2D eigenvalue weighted by atomic mass is 16.5. The van der Waals surface area contributed by atoms with Gasteiger partial charge >= 0.3 is 5.97 Å². The Bertz CT molecular complexity index is 815. The topological polar surface area (TPSA) is 85.8 Å². The molecule has 0 bridgehead atoms. The van der Waals surface area contributed by atoms with Gasteiger partial charge in [-0.15, -0.1) is 0 Å². The molecule has 3 rings (SSSR count). The van der Waals surface area contributed by atoms with Crippen LogP contribution in [0.2, 0.25) is 0 Å². The fourth-order valence-corrected chi connectivity index (χ4v) is 3.61. The van der Waals surface area contributed by atoms with E-state index in [0.29, 0.717) is 25.7 Å². The van der Waals surface area contributed by atoms with E-state index in [4.69, 9.17) is 14.2 Å². The maximum absolute atomic E-state index is 12.0. The van der Waals surface area contributed by atoms with Crippen LogP contribution in [0.1, 0.15) is 42.7 Å². The highest BCUT2D eigenvalue weighted by Crippen LogP contribution is 2.27. The van der Waals surface area contributed by atoms with Gasteiger partial charge in [-0.3, -0.25) is 0 Å². The van der Waals surface area contributed by atoms with Gasteiger partial charge in [0.2, 0.25) is 5.95 Å². The summed E-state index contributed by atoms with van der Waals surface area (Å²) in [7, 11) is 1.35. The van der Waals surface area contributed by atoms with Crippen molar-refractivity contribution in [1.82, 2.24) is 15.3 Å². The van der Waals surface area contributed by atoms with Gasteiger partial charge in [0, 0.05) is 24.8 Å². The molecule has 1 aliphatic heterocycles. The number of benzene rings is 1. The SMILES string of the molecule is CCOc1cc(CN(c2nccc(C(=O)OC)n2)C2CCNCC2)cc(OCC)c1. The minimum absolute atomic E-state index is 0.250. The molecular weight excluding hydrogens is 384 g/mol. The number of carbonyl (C=O) groups is 1. The number of carbonyl (C=O) groups excluding carboxylic acids is 1. The number of hydrogen-bond donors (Lipinski definition) is 1. The van der Waals surface area contributed by atoms with Gasteiger partial charge in [0.05, 0.1) is 20.3 Å². The summed E-state index contributed by atoms with van der Waals surface area (Å²) < 4.78 is 16.3. The van der Waals surface area contributed by atoms with Crippen LogP contribution in [0.3, 0.4) is 0 Å². The summed E-state index contributed by atoms with van der Waals surface area (Å²) in [6.07, 6.45) is 3.54. The molecule has 30 heavy (non-hydrogen) atoms. The molecule has 1 saturated heterocycles. The molecule has 1 N–H and O–H groups in total. The lowest BCUT2D eigenvalue weighted by atomic mass is 10.0. The lowest BCUT2D eigenvalue weighted by Crippen LogP contribution is -2.43. The first-order valence-electron chi connectivity index (χ1n) is 10.4. The number of piperidine rings is 1. The minimum Gasteiger partial charge on any atom is -0.494 e. The maximum atomic E-state index is 12.0. The summed E-state index contributed by atoms with van der Waals surface area (Å²) in [5.41, 5.74) is 1.29. The van der Waals surface area contributed by atoms with Crippen LogP contribution in [0.5, 0.6) is 11.5 Å². The van der Waals surface area contributed by atoms with Gasteiger partial charge in [0.25, 0.3) is 0 Å². The minimum atomic E-state index is -0.471. The maximum Gasteiger partial charge on any atom is 0.356 e. The van der Waals surface area contributed by atoms with E-state index in [2.05, 4.69) is 20.2 Å². The molecule has 0 amide bonds. The number of hydrogen-bond acceptors (Lipinski definition) is 8. The van der Waals surface area contributed by atoms with Crippen molar-refractivity contribution in [2.24, 2.45) is 0 Å². The fourth-order valence-electron chi connectivity index (χ4n) is 3.61. The van der Waals surface area contributed by atoms with E-state index < -0.39 is 5.97 Å². The Morgan fingerprint density at radius 1 is 1.13 bits per heavy atom. The lowest BCUT2D eigenvalue weighted by Gasteiger charge is -2.35. The van der Waals surface area contributed by atoms with Crippen molar-refractivity contribution in [3.8, 4) is 11.5 Å². The van der Waals surface area contributed by atoms with Gasteiger partial charge in [-0.05, 0) is 63.5 Å². The summed E-state index contributed by atoms with van der Waals surface area (Å²) in [5, 5.41) is 3.39. The average molecular weight is 415 g/mol. The van der Waals surface area contributed by atoms with Crippen molar-refractivity contribution in [1.29, 1.82) is 0 Å². The molecule has 2 aromatic rings. The van der Waals surface area contributed by atoms with Gasteiger partial charge < -0.3 is 24.4 Å². The summed E-state index contributed by atoms with van der Waals surface area (Å²) >= 11 is 0. The molecule has 162 valence electrons. The highest BCUT2D eigenvalue weighted by Gasteiger charge is 2.25. The molecule has 0 saturated carbocycles. The van der Waals surface area contributed by atoms with E-state index in [1.807, 2.05) is 32.0 Å². The van der Waals surface area contributed by atoms with Crippen LogP contribution in [-0.4, -0.2) is 55.4 Å². The van der Waals surface area contributed by atoms with Crippen LogP contribution >= 0.6 is 0 Å². The predicted molar refractivity (Wildman–Crippen MR) is 114 cm³/mol. The van der Waals surface area contributed by atoms with Gasteiger partial charge in [-0.25, -0.2) is 14.8 Å². The number of rotatable bonds is 9. The molecule has 0 atom stereocenters. The average Bonchev–Trinajstić information content (AvgIpc) is 2.78. The van der Waals surface area contributed by atoms with Crippen molar-refractivity contribution >= 4 is 11.9 Å². The number of nitrogens with one attached hydrogen (secondary N) is 1. The zero-order chi connectivity index (χ0) is 21.3. The molecule has 1 fully saturated rings. The van der Waals surface area contributed by atoms with Crippen LogP contribution < -0.4 is 19.7 Å². The standard InChI is InChI=1S/C22H30N4O4/c1-4-29-18-12-16(13-19(14-18)30-5-2)15-26(17-6-9-23-10-7-17)22-24-11-8-20(25-22)21(27)28-3/h8,11-14,17,23H,4-7,9-10,15H2,1-3H3. The fraction of sp³-hybridized carbons (Fsp3) is 0.500. The molecule has 8 heteroatoms.